The monoisotopic (exact) mass is 461 g/mol. The average Bonchev–Trinajstić information content (AvgIpc) is 3.39. The summed E-state index contributed by atoms with van der Waals surface area (Å²) in [5, 5.41) is 2.95. The van der Waals surface area contributed by atoms with Crippen LogP contribution in [0.1, 0.15) is 21.5 Å². The lowest BCUT2D eigenvalue weighted by Gasteiger charge is -2.11. The molecular formula is C29H23N3O3. The maximum Gasteiger partial charge on any atom is 0.256 e. The predicted octanol–water partition coefficient (Wildman–Crippen LogP) is 6.54. The van der Waals surface area contributed by atoms with Gasteiger partial charge in [0.1, 0.15) is 12.4 Å². The second-order valence-electron chi connectivity index (χ2n) is 8.07. The molecule has 1 N–H and O–H groups in total. The van der Waals surface area contributed by atoms with E-state index in [1.54, 1.807) is 30.7 Å². The Bertz CT molecular complexity index is 1440. The third-order valence-corrected chi connectivity index (χ3v) is 5.46. The Balaban J connectivity index is 1.33. The minimum Gasteiger partial charge on any atom is -0.489 e. The number of hydrogen-bond acceptors (Lipinski definition) is 5. The molecule has 5 rings (SSSR count). The maximum absolute atomic E-state index is 13.2. The molecule has 0 aliphatic carbocycles. The van der Waals surface area contributed by atoms with Crippen LogP contribution in [0.2, 0.25) is 0 Å². The third kappa shape index (κ3) is 5.28. The van der Waals surface area contributed by atoms with Gasteiger partial charge in [0.05, 0.1) is 11.8 Å². The molecule has 0 fully saturated rings. The van der Waals surface area contributed by atoms with Crippen LogP contribution in [0.15, 0.2) is 108 Å². The Labute approximate surface area is 203 Å². The van der Waals surface area contributed by atoms with Crippen molar-refractivity contribution in [1.29, 1.82) is 0 Å². The van der Waals surface area contributed by atoms with E-state index in [4.69, 9.17) is 9.15 Å². The molecule has 3 aromatic carbocycles. The number of carbonyl (C=O) groups is 1. The van der Waals surface area contributed by atoms with Crippen LogP contribution >= 0.6 is 0 Å². The molecule has 0 aliphatic heterocycles. The highest BCUT2D eigenvalue weighted by Gasteiger charge is 2.17. The normalized spacial score (nSPS) is 10.7. The molecule has 6 heteroatoms. The van der Waals surface area contributed by atoms with Crippen LogP contribution in [0.4, 0.5) is 5.69 Å². The first-order chi connectivity index (χ1) is 17.2. The standard InChI is InChI=1S/C29H23N3O3/c1-20-11-13-22(14-12-20)27-18-31-29(35-27)26-10-3-2-9-25(26)28(33)32-23-7-4-8-24(16-23)34-19-21-6-5-15-30-17-21/h2-18H,19H2,1H3,(H,32,33). The number of aryl methyl sites for hydroxylation is 1. The topological polar surface area (TPSA) is 77.2 Å². The average molecular weight is 462 g/mol. The number of hydrogen-bond donors (Lipinski definition) is 1. The van der Waals surface area contributed by atoms with Gasteiger partial charge in [0.25, 0.3) is 5.91 Å². The first kappa shape index (κ1) is 22.1. The number of nitrogens with zero attached hydrogens (tertiary/aromatic N) is 2. The van der Waals surface area contributed by atoms with Gasteiger partial charge in [-0.1, -0.05) is 54.1 Å². The van der Waals surface area contributed by atoms with Gasteiger partial charge < -0.3 is 14.5 Å². The first-order valence-corrected chi connectivity index (χ1v) is 11.2. The largest absolute Gasteiger partial charge is 0.489 e. The molecule has 172 valence electrons. The van der Waals surface area contributed by atoms with Gasteiger partial charge in [-0.2, -0.15) is 0 Å². The van der Waals surface area contributed by atoms with Crippen molar-refractivity contribution in [2.75, 3.05) is 5.32 Å². The Morgan fingerprint density at radius 1 is 0.943 bits per heavy atom. The molecule has 5 aromatic rings. The van der Waals surface area contributed by atoms with E-state index < -0.39 is 0 Å². The lowest BCUT2D eigenvalue weighted by Crippen LogP contribution is -2.13. The molecule has 0 radical (unpaired) electrons. The summed E-state index contributed by atoms with van der Waals surface area (Å²) in [7, 11) is 0. The van der Waals surface area contributed by atoms with E-state index in [2.05, 4.69) is 15.3 Å². The highest BCUT2D eigenvalue weighted by atomic mass is 16.5. The molecule has 6 nitrogen and oxygen atoms in total. The quantitative estimate of drug-likeness (QED) is 0.298. The number of ether oxygens (including phenoxy) is 1. The molecule has 0 aliphatic rings. The fraction of sp³-hybridized carbons (Fsp3) is 0.0690. The van der Waals surface area contributed by atoms with Crippen LogP contribution in [-0.2, 0) is 6.61 Å². The molecule has 0 unspecified atom stereocenters. The fourth-order valence-corrected chi connectivity index (χ4v) is 3.63. The van der Waals surface area contributed by atoms with E-state index in [0.29, 0.717) is 40.8 Å². The van der Waals surface area contributed by atoms with Crippen molar-refractivity contribution < 1.29 is 13.9 Å². The molecule has 0 saturated heterocycles. The second kappa shape index (κ2) is 10.1. The minimum absolute atomic E-state index is 0.264. The van der Waals surface area contributed by atoms with E-state index >= 15 is 0 Å². The molecule has 35 heavy (non-hydrogen) atoms. The van der Waals surface area contributed by atoms with Crippen LogP contribution in [0.3, 0.4) is 0 Å². The van der Waals surface area contributed by atoms with Gasteiger partial charge in [0.15, 0.2) is 5.76 Å². The number of aromatic nitrogens is 2. The van der Waals surface area contributed by atoms with Gasteiger partial charge >= 0.3 is 0 Å². The van der Waals surface area contributed by atoms with Crippen LogP contribution in [-0.4, -0.2) is 15.9 Å². The predicted molar refractivity (Wildman–Crippen MR) is 135 cm³/mol. The highest BCUT2D eigenvalue weighted by Crippen LogP contribution is 2.29. The molecule has 0 saturated carbocycles. The molecule has 2 heterocycles. The van der Waals surface area contributed by atoms with E-state index in [-0.39, 0.29) is 5.91 Å². The van der Waals surface area contributed by atoms with Crippen LogP contribution in [0.25, 0.3) is 22.8 Å². The lowest BCUT2D eigenvalue weighted by molar-refractivity contribution is 0.102. The Morgan fingerprint density at radius 3 is 2.63 bits per heavy atom. The first-order valence-electron chi connectivity index (χ1n) is 11.2. The Hall–Kier alpha value is -4.71. The summed E-state index contributed by atoms with van der Waals surface area (Å²) in [4.78, 5) is 21.7. The molecule has 0 atom stereocenters. The molecule has 2 aromatic heterocycles. The van der Waals surface area contributed by atoms with E-state index in [0.717, 1.165) is 11.1 Å². The van der Waals surface area contributed by atoms with Gasteiger partial charge in [-0.3, -0.25) is 9.78 Å². The summed E-state index contributed by atoms with van der Waals surface area (Å²) in [5.41, 5.74) is 4.77. The van der Waals surface area contributed by atoms with Crippen molar-refractivity contribution in [1.82, 2.24) is 9.97 Å². The summed E-state index contributed by atoms with van der Waals surface area (Å²) in [6.45, 7) is 2.43. The van der Waals surface area contributed by atoms with Gasteiger partial charge in [-0.25, -0.2) is 4.98 Å². The van der Waals surface area contributed by atoms with Gasteiger partial charge in [0, 0.05) is 40.8 Å². The van der Waals surface area contributed by atoms with Crippen molar-refractivity contribution in [2.45, 2.75) is 13.5 Å². The van der Waals surface area contributed by atoms with E-state index in [1.807, 2.05) is 79.7 Å². The Morgan fingerprint density at radius 2 is 1.80 bits per heavy atom. The third-order valence-electron chi connectivity index (χ3n) is 5.46. The SMILES string of the molecule is Cc1ccc(-c2cnc(-c3ccccc3C(=O)Nc3cccc(OCc4cccnc4)c3)o2)cc1. The fourth-order valence-electron chi connectivity index (χ4n) is 3.63. The Kier molecular flexibility index (Phi) is 6.35. The number of nitrogens with one attached hydrogen (secondary N) is 1. The molecule has 0 spiro atoms. The summed E-state index contributed by atoms with van der Waals surface area (Å²) in [5.74, 6) is 1.42. The van der Waals surface area contributed by atoms with Crippen LogP contribution in [0.5, 0.6) is 5.75 Å². The summed E-state index contributed by atoms with van der Waals surface area (Å²) < 4.78 is 11.9. The number of oxazole rings is 1. The summed E-state index contributed by atoms with van der Waals surface area (Å²) in [6, 6.07) is 26.4. The van der Waals surface area contributed by atoms with Gasteiger partial charge in [-0.05, 0) is 37.3 Å². The van der Waals surface area contributed by atoms with Crippen molar-refractivity contribution in [3.05, 3.63) is 120 Å². The number of pyridine rings is 1. The van der Waals surface area contributed by atoms with Crippen LogP contribution in [0, 0.1) is 6.92 Å². The van der Waals surface area contributed by atoms with Crippen LogP contribution < -0.4 is 10.1 Å². The smallest absolute Gasteiger partial charge is 0.256 e. The summed E-state index contributed by atoms with van der Waals surface area (Å²) in [6.07, 6.45) is 5.16. The van der Waals surface area contributed by atoms with Gasteiger partial charge in [-0.15, -0.1) is 0 Å². The van der Waals surface area contributed by atoms with E-state index in [1.165, 1.54) is 5.56 Å². The zero-order valence-corrected chi connectivity index (χ0v) is 19.1. The van der Waals surface area contributed by atoms with Crippen molar-refractivity contribution in [3.63, 3.8) is 0 Å². The van der Waals surface area contributed by atoms with Crippen molar-refractivity contribution >= 4 is 11.6 Å². The molecule has 0 bridgehead atoms. The number of carbonyl (C=O) groups excluding carboxylic acids is 1. The van der Waals surface area contributed by atoms with Crippen molar-refractivity contribution in [3.8, 4) is 28.5 Å². The number of amides is 1. The second-order valence-corrected chi connectivity index (χ2v) is 8.07. The number of rotatable bonds is 7. The minimum atomic E-state index is -0.264. The number of benzene rings is 3. The zero-order chi connectivity index (χ0) is 24.0. The maximum atomic E-state index is 13.2. The lowest BCUT2D eigenvalue weighted by atomic mass is 10.1. The molecule has 1 amide bonds. The number of anilines is 1. The van der Waals surface area contributed by atoms with E-state index in [9.17, 15) is 4.79 Å². The summed E-state index contributed by atoms with van der Waals surface area (Å²) >= 11 is 0. The zero-order valence-electron chi connectivity index (χ0n) is 19.1. The van der Waals surface area contributed by atoms with Crippen molar-refractivity contribution in [2.24, 2.45) is 0 Å². The molecular weight excluding hydrogens is 438 g/mol. The highest BCUT2D eigenvalue weighted by molar-refractivity contribution is 6.08. The van der Waals surface area contributed by atoms with Gasteiger partial charge in [0.2, 0.25) is 5.89 Å².